The van der Waals surface area contributed by atoms with Gasteiger partial charge in [0.2, 0.25) is 11.8 Å². The number of ether oxygens (including phenoxy) is 1. The number of hydrogen-bond acceptors (Lipinski definition) is 5. The number of thioether (sulfide) groups is 1. The number of para-hydroxylation sites is 1. The predicted molar refractivity (Wildman–Crippen MR) is 88.6 cm³/mol. The third kappa shape index (κ3) is 4.35. The third-order valence-electron chi connectivity index (χ3n) is 3.19. The Hall–Kier alpha value is -2.28. The molecule has 1 aromatic carbocycles. The van der Waals surface area contributed by atoms with Gasteiger partial charge in [-0.3, -0.25) is 14.5 Å². The van der Waals surface area contributed by atoms with Crippen LogP contribution in [0.4, 0.5) is 5.69 Å². The highest BCUT2D eigenvalue weighted by atomic mass is 32.2. The molecule has 122 valence electrons. The molecule has 0 aliphatic carbocycles. The molecule has 7 heteroatoms. The van der Waals surface area contributed by atoms with E-state index in [0.29, 0.717) is 10.7 Å². The Bertz CT molecular complexity index is 630. The maximum Gasteiger partial charge on any atom is 0.333 e. The van der Waals surface area contributed by atoms with Crippen molar-refractivity contribution < 1.29 is 19.1 Å². The molecule has 1 aliphatic heterocycles. The van der Waals surface area contributed by atoms with Gasteiger partial charge in [0.05, 0.1) is 23.5 Å². The van der Waals surface area contributed by atoms with Crippen LogP contribution in [0, 0.1) is 0 Å². The number of amides is 2. The summed E-state index contributed by atoms with van der Waals surface area (Å²) in [5.41, 5.74) is 0.652. The standard InChI is InChI=1S/C16H18N2O4S/c1-3-22-15(20)9-14-18(13(19)10-23-14)11(2)16(21)17-12-7-5-4-6-8-12/h4-9,11H,3,10H2,1-2H3,(H,17,21)/b14-9-/t11-/m0/s1. The van der Waals surface area contributed by atoms with Crippen molar-refractivity contribution >= 4 is 35.2 Å². The van der Waals surface area contributed by atoms with Crippen molar-refractivity contribution in [3.63, 3.8) is 0 Å². The summed E-state index contributed by atoms with van der Waals surface area (Å²) in [5, 5.41) is 3.19. The van der Waals surface area contributed by atoms with Crippen LogP contribution in [0.15, 0.2) is 41.4 Å². The van der Waals surface area contributed by atoms with Gasteiger partial charge in [-0.1, -0.05) is 30.0 Å². The summed E-state index contributed by atoms with van der Waals surface area (Å²) in [6, 6.07) is 8.27. The molecular weight excluding hydrogens is 316 g/mol. The number of benzene rings is 1. The first-order chi connectivity index (χ1) is 11.0. The minimum absolute atomic E-state index is 0.203. The molecule has 1 heterocycles. The van der Waals surface area contributed by atoms with Crippen LogP contribution in [0.5, 0.6) is 0 Å². The van der Waals surface area contributed by atoms with Crippen LogP contribution >= 0.6 is 11.8 Å². The minimum Gasteiger partial charge on any atom is -0.463 e. The van der Waals surface area contributed by atoms with Crippen LogP contribution in [-0.2, 0) is 19.1 Å². The quantitative estimate of drug-likeness (QED) is 0.658. The Morgan fingerprint density at radius 1 is 1.39 bits per heavy atom. The van der Waals surface area contributed by atoms with E-state index in [2.05, 4.69) is 5.32 Å². The van der Waals surface area contributed by atoms with Crippen LogP contribution < -0.4 is 5.32 Å². The van der Waals surface area contributed by atoms with Gasteiger partial charge < -0.3 is 10.1 Å². The van der Waals surface area contributed by atoms with Gasteiger partial charge in [0.15, 0.2) is 0 Å². The van der Waals surface area contributed by atoms with Gasteiger partial charge in [0.25, 0.3) is 0 Å². The fourth-order valence-electron chi connectivity index (χ4n) is 2.09. The first-order valence-corrected chi connectivity index (χ1v) is 8.20. The minimum atomic E-state index is -0.724. The zero-order chi connectivity index (χ0) is 16.8. The van der Waals surface area contributed by atoms with Crippen molar-refractivity contribution in [2.45, 2.75) is 19.9 Å². The number of esters is 1. The molecule has 0 spiro atoms. The van der Waals surface area contributed by atoms with Crippen LogP contribution in [-0.4, -0.2) is 41.1 Å². The third-order valence-corrected chi connectivity index (χ3v) is 4.19. The normalized spacial score (nSPS) is 17.2. The Labute approximate surface area is 138 Å². The second-order valence-electron chi connectivity index (χ2n) is 4.82. The maximum absolute atomic E-state index is 12.3. The van der Waals surface area contributed by atoms with Gasteiger partial charge in [-0.2, -0.15) is 0 Å². The number of hydrogen-bond donors (Lipinski definition) is 1. The number of anilines is 1. The lowest BCUT2D eigenvalue weighted by Gasteiger charge is -2.24. The molecule has 1 aromatic rings. The van der Waals surface area contributed by atoms with Crippen molar-refractivity contribution in [1.82, 2.24) is 4.90 Å². The van der Waals surface area contributed by atoms with E-state index >= 15 is 0 Å². The lowest BCUT2D eigenvalue weighted by Crippen LogP contribution is -2.42. The molecule has 1 aliphatic rings. The first kappa shape index (κ1) is 17.1. The largest absolute Gasteiger partial charge is 0.463 e. The molecule has 0 bridgehead atoms. The van der Waals surface area contributed by atoms with Crippen molar-refractivity contribution in [3.8, 4) is 0 Å². The summed E-state index contributed by atoms with van der Waals surface area (Å²) in [6.45, 7) is 3.59. The summed E-state index contributed by atoms with van der Waals surface area (Å²) < 4.78 is 4.86. The Morgan fingerprint density at radius 3 is 2.74 bits per heavy atom. The van der Waals surface area contributed by atoms with Gasteiger partial charge >= 0.3 is 5.97 Å². The lowest BCUT2D eigenvalue weighted by atomic mass is 10.2. The molecule has 1 atom stereocenters. The molecule has 1 N–H and O–H groups in total. The number of carbonyl (C=O) groups excluding carboxylic acids is 3. The Kier molecular flexibility index (Phi) is 5.81. The van der Waals surface area contributed by atoms with E-state index in [0.717, 1.165) is 0 Å². The smallest absolute Gasteiger partial charge is 0.333 e. The number of nitrogens with zero attached hydrogens (tertiary/aromatic N) is 1. The zero-order valence-electron chi connectivity index (χ0n) is 12.9. The topological polar surface area (TPSA) is 75.7 Å². The van der Waals surface area contributed by atoms with E-state index in [1.54, 1.807) is 26.0 Å². The molecule has 2 amide bonds. The second-order valence-corrected chi connectivity index (χ2v) is 5.81. The van der Waals surface area contributed by atoms with Gasteiger partial charge in [0, 0.05) is 5.69 Å². The van der Waals surface area contributed by atoms with Gasteiger partial charge in [0.1, 0.15) is 6.04 Å². The average Bonchev–Trinajstić information content (AvgIpc) is 2.88. The fourth-order valence-corrected chi connectivity index (χ4v) is 3.07. The van der Waals surface area contributed by atoms with Crippen molar-refractivity contribution in [1.29, 1.82) is 0 Å². The Balaban J connectivity index is 2.11. The highest BCUT2D eigenvalue weighted by molar-refractivity contribution is 8.04. The predicted octanol–water partition coefficient (Wildman–Crippen LogP) is 1.99. The molecule has 23 heavy (non-hydrogen) atoms. The molecule has 2 rings (SSSR count). The number of rotatable bonds is 5. The van der Waals surface area contributed by atoms with E-state index in [1.165, 1.54) is 22.7 Å². The van der Waals surface area contributed by atoms with Gasteiger partial charge in [-0.25, -0.2) is 4.79 Å². The molecular formula is C16H18N2O4S. The fraction of sp³-hybridized carbons (Fsp3) is 0.312. The Morgan fingerprint density at radius 2 is 2.09 bits per heavy atom. The monoisotopic (exact) mass is 334 g/mol. The number of carbonyl (C=O) groups is 3. The molecule has 0 radical (unpaired) electrons. The molecule has 0 aromatic heterocycles. The summed E-state index contributed by atoms with van der Waals surface area (Å²) in [7, 11) is 0. The molecule has 6 nitrogen and oxygen atoms in total. The van der Waals surface area contributed by atoms with Gasteiger partial charge in [-0.05, 0) is 26.0 Å². The second kappa shape index (κ2) is 7.82. The first-order valence-electron chi connectivity index (χ1n) is 7.22. The summed E-state index contributed by atoms with van der Waals surface area (Å²) >= 11 is 1.22. The lowest BCUT2D eigenvalue weighted by molar-refractivity contribution is -0.137. The summed E-state index contributed by atoms with van der Waals surface area (Å²) in [6.07, 6.45) is 1.26. The average molecular weight is 334 g/mol. The SMILES string of the molecule is CCOC(=O)/C=C1\SCC(=O)N1[C@@H](C)C(=O)Nc1ccccc1. The maximum atomic E-state index is 12.3. The van der Waals surface area contributed by atoms with Crippen molar-refractivity contribution in [3.05, 3.63) is 41.4 Å². The van der Waals surface area contributed by atoms with Crippen LogP contribution in [0.2, 0.25) is 0 Å². The van der Waals surface area contributed by atoms with E-state index in [-0.39, 0.29) is 24.2 Å². The number of nitrogens with one attached hydrogen (secondary N) is 1. The molecule has 0 saturated carbocycles. The van der Waals surface area contributed by atoms with E-state index in [4.69, 9.17) is 4.74 Å². The van der Waals surface area contributed by atoms with Crippen molar-refractivity contribution in [2.75, 3.05) is 17.7 Å². The zero-order valence-corrected chi connectivity index (χ0v) is 13.8. The summed E-state index contributed by atoms with van der Waals surface area (Å²) in [4.78, 5) is 37.3. The highest BCUT2D eigenvalue weighted by Gasteiger charge is 2.34. The van der Waals surface area contributed by atoms with Gasteiger partial charge in [-0.15, -0.1) is 0 Å². The van der Waals surface area contributed by atoms with Crippen molar-refractivity contribution in [2.24, 2.45) is 0 Å². The van der Waals surface area contributed by atoms with E-state index in [1.807, 2.05) is 18.2 Å². The van der Waals surface area contributed by atoms with E-state index in [9.17, 15) is 14.4 Å². The van der Waals surface area contributed by atoms with E-state index < -0.39 is 12.0 Å². The van der Waals surface area contributed by atoms with Crippen LogP contribution in [0.1, 0.15) is 13.8 Å². The molecule has 1 saturated heterocycles. The molecule has 1 fully saturated rings. The van der Waals surface area contributed by atoms with Crippen LogP contribution in [0.3, 0.4) is 0 Å². The summed E-state index contributed by atoms with van der Waals surface area (Å²) in [5.74, 6) is -0.845. The van der Waals surface area contributed by atoms with Crippen LogP contribution in [0.25, 0.3) is 0 Å². The molecule has 0 unspecified atom stereocenters. The highest BCUT2D eigenvalue weighted by Crippen LogP contribution is 2.31.